The van der Waals surface area contributed by atoms with Gasteiger partial charge in [-0.1, -0.05) is 12.1 Å². The lowest BCUT2D eigenvalue weighted by atomic mass is 9.90. The van der Waals surface area contributed by atoms with Crippen LogP contribution in [0.15, 0.2) is 22.6 Å². The Balaban J connectivity index is 2.18. The van der Waals surface area contributed by atoms with Crippen molar-refractivity contribution in [3.05, 3.63) is 23.8 Å². The average molecular weight is 232 g/mol. The molecule has 17 heavy (non-hydrogen) atoms. The van der Waals surface area contributed by atoms with Crippen molar-refractivity contribution >= 4 is 11.1 Å². The number of ether oxygens (including phenoxy) is 1. The van der Waals surface area contributed by atoms with Gasteiger partial charge >= 0.3 is 6.08 Å². The highest BCUT2D eigenvalue weighted by molar-refractivity contribution is 5.78. The molecule has 0 spiro atoms. The highest BCUT2D eigenvalue weighted by Gasteiger charge is 2.32. The van der Waals surface area contributed by atoms with E-state index in [2.05, 4.69) is 23.3 Å². The molecule has 0 radical (unpaired) electrons. The standard InChI is InChI=1S/C13H16N2O2/c1-13(7-4-8-14-13)9-5-3-6-10-11(9)15-12(16-2)17-10/h3,5-6,14H,4,7-8H2,1-2H3. The molecule has 4 heteroatoms. The van der Waals surface area contributed by atoms with Crippen molar-refractivity contribution in [1.82, 2.24) is 10.3 Å². The first-order chi connectivity index (χ1) is 8.23. The van der Waals surface area contributed by atoms with Crippen LogP contribution in [0.4, 0.5) is 0 Å². The summed E-state index contributed by atoms with van der Waals surface area (Å²) in [7, 11) is 1.57. The van der Waals surface area contributed by atoms with E-state index in [0.29, 0.717) is 6.08 Å². The van der Waals surface area contributed by atoms with E-state index in [0.717, 1.165) is 24.1 Å². The fourth-order valence-electron chi connectivity index (χ4n) is 2.59. The van der Waals surface area contributed by atoms with Gasteiger partial charge in [0.2, 0.25) is 0 Å². The number of fused-ring (bicyclic) bond motifs is 1. The predicted molar refractivity (Wildman–Crippen MR) is 65.1 cm³/mol. The number of benzene rings is 1. The topological polar surface area (TPSA) is 47.3 Å². The molecule has 1 aromatic carbocycles. The molecule has 2 heterocycles. The summed E-state index contributed by atoms with van der Waals surface area (Å²) in [5, 5.41) is 3.55. The highest BCUT2D eigenvalue weighted by Crippen LogP contribution is 2.35. The number of para-hydroxylation sites is 1. The van der Waals surface area contributed by atoms with E-state index in [1.54, 1.807) is 7.11 Å². The van der Waals surface area contributed by atoms with Crippen LogP contribution >= 0.6 is 0 Å². The fourth-order valence-corrected chi connectivity index (χ4v) is 2.59. The molecule has 1 N–H and O–H groups in total. The van der Waals surface area contributed by atoms with Gasteiger partial charge in [-0.25, -0.2) is 0 Å². The zero-order valence-corrected chi connectivity index (χ0v) is 10.1. The van der Waals surface area contributed by atoms with Gasteiger partial charge < -0.3 is 14.5 Å². The summed E-state index contributed by atoms with van der Waals surface area (Å²) < 4.78 is 10.6. The summed E-state index contributed by atoms with van der Waals surface area (Å²) in [5.74, 6) is 0. The monoisotopic (exact) mass is 232 g/mol. The van der Waals surface area contributed by atoms with Crippen LogP contribution < -0.4 is 10.1 Å². The number of nitrogens with zero attached hydrogens (tertiary/aromatic N) is 1. The van der Waals surface area contributed by atoms with Gasteiger partial charge in [0.15, 0.2) is 5.58 Å². The fraction of sp³-hybridized carbons (Fsp3) is 0.462. The Morgan fingerprint density at radius 1 is 1.47 bits per heavy atom. The summed E-state index contributed by atoms with van der Waals surface area (Å²) in [4.78, 5) is 4.39. The average Bonchev–Trinajstić information content (AvgIpc) is 2.94. The van der Waals surface area contributed by atoms with Crippen molar-refractivity contribution in [2.45, 2.75) is 25.3 Å². The maximum Gasteiger partial charge on any atom is 0.394 e. The van der Waals surface area contributed by atoms with Crippen LogP contribution in [0.2, 0.25) is 0 Å². The van der Waals surface area contributed by atoms with E-state index < -0.39 is 0 Å². The van der Waals surface area contributed by atoms with Gasteiger partial charge in [0.05, 0.1) is 7.11 Å². The number of hydrogen-bond donors (Lipinski definition) is 1. The second-order valence-electron chi connectivity index (χ2n) is 4.70. The molecule has 1 aliphatic heterocycles. The lowest BCUT2D eigenvalue weighted by molar-refractivity contribution is 0.299. The zero-order valence-electron chi connectivity index (χ0n) is 10.1. The molecule has 4 nitrogen and oxygen atoms in total. The molecule has 3 rings (SSSR count). The Kier molecular flexibility index (Phi) is 2.33. The number of rotatable bonds is 2. The van der Waals surface area contributed by atoms with Crippen molar-refractivity contribution in [3.63, 3.8) is 0 Å². The summed E-state index contributed by atoms with van der Waals surface area (Å²) >= 11 is 0. The van der Waals surface area contributed by atoms with E-state index in [4.69, 9.17) is 9.15 Å². The number of aromatic nitrogens is 1. The van der Waals surface area contributed by atoms with Crippen LogP contribution in [-0.2, 0) is 5.54 Å². The lowest BCUT2D eigenvalue weighted by Crippen LogP contribution is -2.33. The molecule has 0 amide bonds. The second kappa shape index (κ2) is 3.74. The minimum absolute atomic E-state index is 0.00138. The van der Waals surface area contributed by atoms with Gasteiger partial charge in [-0.2, -0.15) is 4.98 Å². The highest BCUT2D eigenvalue weighted by atomic mass is 16.6. The van der Waals surface area contributed by atoms with E-state index in [9.17, 15) is 0 Å². The summed E-state index contributed by atoms with van der Waals surface area (Å²) in [5.41, 5.74) is 2.89. The van der Waals surface area contributed by atoms with Crippen LogP contribution in [0.1, 0.15) is 25.3 Å². The van der Waals surface area contributed by atoms with Crippen molar-refractivity contribution in [2.75, 3.05) is 13.7 Å². The maximum atomic E-state index is 5.50. The normalized spacial score (nSPS) is 24.4. The van der Waals surface area contributed by atoms with E-state index in [1.807, 2.05) is 12.1 Å². The molecule has 1 aliphatic rings. The van der Waals surface area contributed by atoms with E-state index >= 15 is 0 Å². The molecule has 90 valence electrons. The van der Waals surface area contributed by atoms with Crippen LogP contribution in [0.25, 0.3) is 11.1 Å². The molecule has 0 bridgehead atoms. The van der Waals surface area contributed by atoms with E-state index in [1.165, 1.54) is 12.0 Å². The van der Waals surface area contributed by atoms with Gasteiger partial charge in [0.25, 0.3) is 0 Å². The number of hydrogen-bond acceptors (Lipinski definition) is 4. The van der Waals surface area contributed by atoms with Crippen LogP contribution in [0, 0.1) is 0 Å². The molecule has 1 atom stereocenters. The number of oxazole rings is 1. The molecular formula is C13H16N2O2. The Bertz CT molecular complexity index is 541. The summed E-state index contributed by atoms with van der Waals surface area (Å²) in [6.07, 6.45) is 2.65. The molecule has 1 unspecified atom stereocenters. The van der Waals surface area contributed by atoms with Gasteiger partial charge in [-0.3, -0.25) is 0 Å². The predicted octanol–water partition coefficient (Wildman–Crippen LogP) is 2.44. The SMILES string of the molecule is COc1nc2c(C3(C)CCCN3)cccc2o1. The van der Waals surface area contributed by atoms with Gasteiger partial charge in [-0.05, 0) is 32.4 Å². The van der Waals surface area contributed by atoms with Crippen molar-refractivity contribution in [1.29, 1.82) is 0 Å². The molecule has 1 aromatic heterocycles. The molecule has 1 fully saturated rings. The molecule has 2 aromatic rings. The maximum absolute atomic E-state index is 5.50. The number of nitrogens with one attached hydrogen (secondary N) is 1. The zero-order chi connectivity index (χ0) is 11.9. The van der Waals surface area contributed by atoms with E-state index in [-0.39, 0.29) is 5.54 Å². The quantitative estimate of drug-likeness (QED) is 0.863. The minimum Gasteiger partial charge on any atom is -0.453 e. The molecular weight excluding hydrogens is 216 g/mol. The Labute approximate surface area is 100.0 Å². The minimum atomic E-state index is 0.00138. The van der Waals surface area contributed by atoms with Gasteiger partial charge in [0.1, 0.15) is 5.52 Å². The Morgan fingerprint density at radius 2 is 2.35 bits per heavy atom. The first-order valence-electron chi connectivity index (χ1n) is 5.92. The third kappa shape index (κ3) is 1.60. The smallest absolute Gasteiger partial charge is 0.394 e. The largest absolute Gasteiger partial charge is 0.453 e. The Hall–Kier alpha value is -1.55. The van der Waals surface area contributed by atoms with Gasteiger partial charge in [-0.15, -0.1) is 0 Å². The van der Waals surface area contributed by atoms with Crippen molar-refractivity contribution in [2.24, 2.45) is 0 Å². The summed E-state index contributed by atoms with van der Waals surface area (Å²) in [6.45, 7) is 3.28. The third-order valence-electron chi connectivity index (χ3n) is 3.54. The van der Waals surface area contributed by atoms with Crippen LogP contribution in [-0.4, -0.2) is 18.6 Å². The Morgan fingerprint density at radius 3 is 3.06 bits per heavy atom. The summed E-state index contributed by atoms with van der Waals surface area (Å²) in [6, 6.07) is 6.04. The first kappa shape index (κ1) is 10.6. The van der Waals surface area contributed by atoms with Crippen LogP contribution in [0.3, 0.4) is 0 Å². The first-order valence-corrected chi connectivity index (χ1v) is 5.92. The number of methoxy groups -OCH3 is 1. The van der Waals surface area contributed by atoms with Gasteiger partial charge in [0, 0.05) is 11.1 Å². The molecule has 0 aliphatic carbocycles. The second-order valence-corrected chi connectivity index (χ2v) is 4.70. The lowest BCUT2D eigenvalue weighted by Gasteiger charge is -2.24. The molecule has 1 saturated heterocycles. The van der Waals surface area contributed by atoms with Crippen molar-refractivity contribution < 1.29 is 9.15 Å². The van der Waals surface area contributed by atoms with Crippen molar-refractivity contribution in [3.8, 4) is 6.08 Å². The van der Waals surface area contributed by atoms with Crippen LogP contribution in [0.5, 0.6) is 6.08 Å². The third-order valence-corrected chi connectivity index (χ3v) is 3.54. The molecule has 0 saturated carbocycles.